The van der Waals surface area contributed by atoms with E-state index in [0.29, 0.717) is 29.4 Å². The molecule has 0 heterocycles. The van der Waals surface area contributed by atoms with E-state index >= 15 is 0 Å². The van der Waals surface area contributed by atoms with Crippen molar-refractivity contribution in [3.63, 3.8) is 0 Å². The summed E-state index contributed by atoms with van der Waals surface area (Å²) in [5.41, 5.74) is 7.21. The maximum atomic E-state index is 12.2. The molecule has 0 aliphatic heterocycles. The highest BCUT2D eigenvalue weighted by Crippen LogP contribution is 2.16. The molecule has 5 heteroatoms. The zero-order valence-electron chi connectivity index (χ0n) is 12.0. The van der Waals surface area contributed by atoms with Crippen LogP contribution in [0.5, 0.6) is 5.75 Å². The van der Waals surface area contributed by atoms with Crippen LogP contribution >= 0.6 is 0 Å². The fraction of sp³-hybridized carbons (Fsp3) is 0.250. The number of hydrogen-bond donors (Lipinski definition) is 1. The zero-order valence-corrected chi connectivity index (χ0v) is 12.8. The smallest absolute Gasteiger partial charge is 0.178 e. The van der Waals surface area contributed by atoms with Crippen molar-refractivity contribution in [2.75, 3.05) is 18.1 Å². The zero-order chi connectivity index (χ0) is 15.3. The summed E-state index contributed by atoms with van der Waals surface area (Å²) in [5.74, 6) is 0.724. The van der Waals surface area contributed by atoms with Crippen LogP contribution in [-0.4, -0.2) is 20.8 Å². The van der Waals surface area contributed by atoms with Crippen molar-refractivity contribution >= 4 is 15.5 Å². The Morgan fingerprint density at radius 3 is 2.57 bits per heavy atom. The molecule has 0 aliphatic carbocycles. The number of nitrogens with two attached hydrogens (primary N) is 1. The Kier molecular flexibility index (Phi) is 4.85. The molecule has 2 aromatic carbocycles. The molecule has 0 aliphatic rings. The van der Waals surface area contributed by atoms with E-state index in [1.165, 1.54) is 0 Å². The van der Waals surface area contributed by atoms with E-state index in [-0.39, 0.29) is 5.75 Å². The van der Waals surface area contributed by atoms with Gasteiger partial charge in [0.2, 0.25) is 0 Å². The van der Waals surface area contributed by atoms with E-state index in [9.17, 15) is 8.42 Å². The highest BCUT2D eigenvalue weighted by Gasteiger charge is 2.13. The highest BCUT2D eigenvalue weighted by atomic mass is 32.2. The standard InChI is InChI=1S/C16H19NO3S/c1-13-5-2-8-16(11-13)21(18,19)10-4-9-20-15-7-3-6-14(17)12-15/h2-3,5-8,11-12H,4,9-10,17H2,1H3. The maximum Gasteiger partial charge on any atom is 0.178 e. The third kappa shape index (κ3) is 4.49. The van der Waals surface area contributed by atoms with Crippen molar-refractivity contribution in [1.82, 2.24) is 0 Å². The van der Waals surface area contributed by atoms with Crippen molar-refractivity contribution in [1.29, 1.82) is 0 Å². The van der Waals surface area contributed by atoms with E-state index in [1.54, 1.807) is 42.5 Å². The van der Waals surface area contributed by atoms with Gasteiger partial charge in [0.15, 0.2) is 9.84 Å². The summed E-state index contributed by atoms with van der Waals surface area (Å²) >= 11 is 0. The molecule has 2 rings (SSSR count). The van der Waals surface area contributed by atoms with Gasteiger partial charge in [-0.3, -0.25) is 0 Å². The summed E-state index contributed by atoms with van der Waals surface area (Å²) in [6.45, 7) is 2.22. The lowest BCUT2D eigenvalue weighted by Crippen LogP contribution is -2.10. The van der Waals surface area contributed by atoms with E-state index < -0.39 is 9.84 Å². The third-order valence-electron chi connectivity index (χ3n) is 3.03. The van der Waals surface area contributed by atoms with E-state index in [0.717, 1.165) is 5.56 Å². The second-order valence-electron chi connectivity index (χ2n) is 4.91. The molecule has 2 aromatic rings. The van der Waals surface area contributed by atoms with Crippen LogP contribution in [0.4, 0.5) is 5.69 Å². The Hall–Kier alpha value is -2.01. The van der Waals surface area contributed by atoms with Gasteiger partial charge in [-0.2, -0.15) is 0 Å². The summed E-state index contributed by atoms with van der Waals surface area (Å²) < 4.78 is 29.8. The molecular weight excluding hydrogens is 286 g/mol. The van der Waals surface area contributed by atoms with Crippen LogP contribution in [0.3, 0.4) is 0 Å². The van der Waals surface area contributed by atoms with E-state index in [2.05, 4.69) is 0 Å². The molecule has 0 atom stereocenters. The number of benzene rings is 2. The van der Waals surface area contributed by atoms with Gasteiger partial charge in [-0.15, -0.1) is 0 Å². The predicted molar refractivity (Wildman–Crippen MR) is 84.2 cm³/mol. The molecule has 4 nitrogen and oxygen atoms in total. The molecule has 0 unspecified atom stereocenters. The Balaban J connectivity index is 1.88. The van der Waals surface area contributed by atoms with Gasteiger partial charge in [-0.05, 0) is 43.2 Å². The lowest BCUT2D eigenvalue weighted by atomic mass is 10.2. The average Bonchev–Trinajstić information content (AvgIpc) is 2.44. The highest BCUT2D eigenvalue weighted by molar-refractivity contribution is 7.91. The molecule has 21 heavy (non-hydrogen) atoms. The van der Waals surface area contributed by atoms with Crippen LogP contribution in [0.25, 0.3) is 0 Å². The second kappa shape index (κ2) is 6.63. The van der Waals surface area contributed by atoms with Gasteiger partial charge < -0.3 is 10.5 Å². The molecule has 0 fully saturated rings. The molecule has 112 valence electrons. The fourth-order valence-electron chi connectivity index (χ4n) is 1.97. The molecule has 0 bridgehead atoms. The minimum Gasteiger partial charge on any atom is -0.493 e. The quantitative estimate of drug-likeness (QED) is 0.658. The van der Waals surface area contributed by atoms with Gasteiger partial charge in [0.1, 0.15) is 5.75 Å². The lowest BCUT2D eigenvalue weighted by molar-refractivity contribution is 0.318. The molecule has 0 radical (unpaired) electrons. The monoisotopic (exact) mass is 305 g/mol. The Labute approximate surface area is 125 Å². The number of nitrogen functional groups attached to an aromatic ring is 1. The second-order valence-corrected chi connectivity index (χ2v) is 7.02. The van der Waals surface area contributed by atoms with Crippen LogP contribution in [-0.2, 0) is 9.84 Å². The van der Waals surface area contributed by atoms with Gasteiger partial charge >= 0.3 is 0 Å². The van der Waals surface area contributed by atoms with Crippen molar-refractivity contribution in [3.05, 3.63) is 54.1 Å². The number of sulfone groups is 1. The first kappa shape index (κ1) is 15.4. The average molecular weight is 305 g/mol. The minimum absolute atomic E-state index is 0.0682. The third-order valence-corrected chi connectivity index (χ3v) is 4.83. The number of rotatable bonds is 6. The molecule has 0 saturated carbocycles. The summed E-state index contributed by atoms with van der Waals surface area (Å²) in [5, 5.41) is 0. The molecule has 0 spiro atoms. The largest absolute Gasteiger partial charge is 0.493 e. The van der Waals surface area contributed by atoms with Crippen LogP contribution in [0.15, 0.2) is 53.4 Å². The summed E-state index contributed by atoms with van der Waals surface area (Å²) in [7, 11) is -3.25. The Bertz CT molecular complexity index is 711. The van der Waals surface area contributed by atoms with Crippen molar-refractivity contribution in [3.8, 4) is 5.75 Å². The van der Waals surface area contributed by atoms with Crippen LogP contribution in [0.1, 0.15) is 12.0 Å². The minimum atomic E-state index is -3.25. The molecule has 0 aromatic heterocycles. The topological polar surface area (TPSA) is 69.4 Å². The first-order valence-electron chi connectivity index (χ1n) is 6.75. The van der Waals surface area contributed by atoms with Crippen molar-refractivity contribution in [2.24, 2.45) is 0 Å². The predicted octanol–water partition coefficient (Wildman–Crippen LogP) is 2.82. The number of ether oxygens (including phenoxy) is 1. The molecule has 2 N–H and O–H groups in total. The number of hydrogen-bond acceptors (Lipinski definition) is 4. The number of aryl methyl sites for hydroxylation is 1. The van der Waals surface area contributed by atoms with Gasteiger partial charge in [0.05, 0.1) is 17.3 Å². The number of anilines is 1. The fourth-order valence-corrected chi connectivity index (χ4v) is 3.35. The van der Waals surface area contributed by atoms with Gasteiger partial charge in [0.25, 0.3) is 0 Å². The normalized spacial score (nSPS) is 11.3. The van der Waals surface area contributed by atoms with Gasteiger partial charge in [-0.1, -0.05) is 18.2 Å². The van der Waals surface area contributed by atoms with Gasteiger partial charge in [-0.25, -0.2) is 8.42 Å². The van der Waals surface area contributed by atoms with E-state index in [1.807, 2.05) is 13.0 Å². The van der Waals surface area contributed by atoms with E-state index in [4.69, 9.17) is 10.5 Å². The maximum absolute atomic E-state index is 12.2. The molecular formula is C16H19NO3S. The molecule has 0 saturated heterocycles. The summed E-state index contributed by atoms with van der Waals surface area (Å²) in [6, 6.07) is 14.0. The lowest BCUT2D eigenvalue weighted by Gasteiger charge is -2.08. The van der Waals surface area contributed by atoms with Crippen molar-refractivity contribution < 1.29 is 13.2 Å². The van der Waals surface area contributed by atoms with Crippen molar-refractivity contribution in [2.45, 2.75) is 18.2 Å². The first-order chi connectivity index (χ1) is 9.97. The SMILES string of the molecule is Cc1cccc(S(=O)(=O)CCCOc2cccc(N)c2)c1. The van der Waals surface area contributed by atoms with Crippen LogP contribution in [0, 0.1) is 6.92 Å². The van der Waals surface area contributed by atoms with Gasteiger partial charge in [0, 0.05) is 11.8 Å². The molecule has 0 amide bonds. The Morgan fingerprint density at radius 2 is 1.86 bits per heavy atom. The first-order valence-corrected chi connectivity index (χ1v) is 8.40. The van der Waals surface area contributed by atoms with Crippen LogP contribution < -0.4 is 10.5 Å². The Morgan fingerprint density at radius 1 is 1.10 bits per heavy atom. The summed E-state index contributed by atoms with van der Waals surface area (Å²) in [4.78, 5) is 0.367. The summed E-state index contributed by atoms with van der Waals surface area (Å²) in [6.07, 6.45) is 0.436. The van der Waals surface area contributed by atoms with Crippen LogP contribution in [0.2, 0.25) is 0 Å².